The van der Waals surface area contributed by atoms with Crippen LogP contribution in [0, 0.1) is 16.0 Å². The zero-order chi connectivity index (χ0) is 15.2. The molecule has 1 aliphatic heterocycles. The summed E-state index contributed by atoms with van der Waals surface area (Å²) in [5, 5.41) is 20.4. The molecule has 116 valence electrons. The number of likely N-dealkylation sites (tertiary alicyclic amines) is 1. The van der Waals surface area contributed by atoms with E-state index >= 15 is 0 Å². The van der Waals surface area contributed by atoms with Gasteiger partial charge < -0.3 is 9.84 Å². The van der Waals surface area contributed by atoms with Gasteiger partial charge in [0.05, 0.1) is 11.0 Å². The second-order valence-corrected chi connectivity index (χ2v) is 5.49. The molecule has 1 saturated heterocycles. The Labute approximate surface area is 124 Å². The van der Waals surface area contributed by atoms with Crippen LogP contribution in [0.4, 0.5) is 5.69 Å². The van der Waals surface area contributed by atoms with Crippen molar-refractivity contribution < 1.29 is 14.8 Å². The highest BCUT2D eigenvalue weighted by Crippen LogP contribution is 2.26. The monoisotopic (exact) mass is 294 g/mol. The van der Waals surface area contributed by atoms with Crippen molar-refractivity contribution in [1.29, 1.82) is 0 Å². The van der Waals surface area contributed by atoms with Gasteiger partial charge in [0, 0.05) is 12.6 Å². The molecule has 6 heteroatoms. The van der Waals surface area contributed by atoms with Crippen molar-refractivity contribution >= 4 is 5.69 Å². The second kappa shape index (κ2) is 7.38. The first kappa shape index (κ1) is 15.7. The number of nitrogens with zero attached hydrogens (tertiary/aromatic N) is 2. The maximum absolute atomic E-state index is 10.9. The van der Waals surface area contributed by atoms with Crippen molar-refractivity contribution in [3.05, 3.63) is 34.4 Å². The van der Waals surface area contributed by atoms with Crippen LogP contribution in [0.3, 0.4) is 0 Å². The highest BCUT2D eigenvalue weighted by molar-refractivity contribution is 5.45. The molecule has 1 atom stereocenters. The summed E-state index contributed by atoms with van der Waals surface area (Å²) in [7, 11) is 0. The van der Waals surface area contributed by atoms with Crippen molar-refractivity contribution in [2.24, 2.45) is 5.92 Å². The molecule has 1 aromatic rings. The molecular weight excluding hydrogens is 272 g/mol. The third kappa shape index (κ3) is 4.41. The number of aliphatic hydroxyl groups excluding tert-OH is 1. The fourth-order valence-corrected chi connectivity index (χ4v) is 2.67. The van der Waals surface area contributed by atoms with E-state index in [1.807, 2.05) is 6.92 Å². The number of ether oxygens (including phenoxy) is 1. The molecule has 1 aromatic carbocycles. The summed E-state index contributed by atoms with van der Waals surface area (Å²) in [6.07, 6.45) is 1.74. The maximum atomic E-state index is 10.9. The van der Waals surface area contributed by atoms with Crippen LogP contribution >= 0.6 is 0 Å². The molecule has 0 bridgehead atoms. The van der Waals surface area contributed by atoms with E-state index in [-0.39, 0.29) is 11.8 Å². The highest BCUT2D eigenvalue weighted by atomic mass is 16.6. The van der Waals surface area contributed by atoms with E-state index in [0.29, 0.717) is 18.3 Å². The lowest BCUT2D eigenvalue weighted by Crippen LogP contribution is -2.39. The third-order valence-corrected chi connectivity index (χ3v) is 4.04. The van der Waals surface area contributed by atoms with Gasteiger partial charge in [0.1, 0.15) is 6.61 Å². The Kier molecular flexibility index (Phi) is 5.52. The Morgan fingerprint density at radius 1 is 1.43 bits per heavy atom. The van der Waals surface area contributed by atoms with E-state index in [9.17, 15) is 15.2 Å². The molecule has 1 fully saturated rings. The molecule has 0 aromatic heterocycles. The van der Waals surface area contributed by atoms with Crippen LogP contribution in [0.2, 0.25) is 0 Å². The van der Waals surface area contributed by atoms with Crippen LogP contribution in [-0.2, 0) is 0 Å². The average Bonchev–Trinajstić information content (AvgIpc) is 2.48. The van der Waals surface area contributed by atoms with Crippen molar-refractivity contribution in [2.75, 3.05) is 26.2 Å². The number of rotatable bonds is 6. The molecule has 0 aliphatic carbocycles. The number of hydrogen-bond acceptors (Lipinski definition) is 5. The minimum Gasteiger partial charge on any atom is -0.485 e. The van der Waals surface area contributed by atoms with Crippen LogP contribution in [0.15, 0.2) is 24.3 Å². The summed E-state index contributed by atoms with van der Waals surface area (Å²) < 4.78 is 5.54. The Bertz CT molecular complexity index is 470. The first-order chi connectivity index (χ1) is 10.1. The summed E-state index contributed by atoms with van der Waals surface area (Å²) in [5.41, 5.74) is 0.00492. The molecule has 1 heterocycles. The largest absolute Gasteiger partial charge is 0.485 e. The number of nitro groups is 1. The van der Waals surface area contributed by atoms with E-state index in [2.05, 4.69) is 4.90 Å². The Morgan fingerprint density at radius 3 is 2.71 bits per heavy atom. The molecule has 6 nitrogen and oxygen atoms in total. The summed E-state index contributed by atoms with van der Waals surface area (Å²) in [4.78, 5) is 12.7. The lowest BCUT2D eigenvalue weighted by Gasteiger charge is -2.33. The smallest absolute Gasteiger partial charge is 0.310 e. The maximum Gasteiger partial charge on any atom is 0.310 e. The van der Waals surface area contributed by atoms with Gasteiger partial charge in [-0.25, -0.2) is 0 Å². The predicted molar refractivity (Wildman–Crippen MR) is 79.4 cm³/mol. The minimum atomic E-state index is -0.427. The normalized spacial score (nSPS) is 18.4. The van der Waals surface area contributed by atoms with Crippen LogP contribution < -0.4 is 4.74 Å². The fraction of sp³-hybridized carbons (Fsp3) is 0.600. The van der Waals surface area contributed by atoms with Gasteiger partial charge in [-0.3, -0.25) is 15.0 Å². The summed E-state index contributed by atoms with van der Waals surface area (Å²) >= 11 is 0. The van der Waals surface area contributed by atoms with Gasteiger partial charge in [-0.2, -0.15) is 0 Å². The molecule has 21 heavy (non-hydrogen) atoms. The van der Waals surface area contributed by atoms with E-state index in [1.165, 1.54) is 6.07 Å². The lowest BCUT2D eigenvalue weighted by atomic mass is 9.92. The molecule has 0 amide bonds. The molecular formula is C15H22N2O4. The minimum absolute atomic E-state index is 0.00492. The zero-order valence-electron chi connectivity index (χ0n) is 12.3. The number of aliphatic hydroxyl groups is 1. The van der Waals surface area contributed by atoms with Gasteiger partial charge in [0.15, 0.2) is 5.75 Å². The fourth-order valence-electron chi connectivity index (χ4n) is 2.67. The molecule has 0 saturated carbocycles. The van der Waals surface area contributed by atoms with E-state index in [4.69, 9.17) is 4.74 Å². The first-order valence-electron chi connectivity index (χ1n) is 7.34. The van der Waals surface area contributed by atoms with Gasteiger partial charge in [0.25, 0.3) is 0 Å². The summed E-state index contributed by atoms with van der Waals surface area (Å²) in [5.74, 6) is 0.707. The second-order valence-electron chi connectivity index (χ2n) is 5.49. The quantitative estimate of drug-likeness (QED) is 0.642. The molecule has 0 spiro atoms. The predicted octanol–water partition coefficient (Wildman–Crippen LogP) is 2.07. The molecule has 1 aliphatic rings. The Balaban J connectivity index is 1.77. The Hall–Kier alpha value is -1.66. The van der Waals surface area contributed by atoms with Crippen LogP contribution in [0.1, 0.15) is 19.8 Å². The van der Waals surface area contributed by atoms with Crippen molar-refractivity contribution in [2.45, 2.75) is 25.9 Å². The number of benzene rings is 1. The van der Waals surface area contributed by atoms with Crippen LogP contribution in [0.25, 0.3) is 0 Å². The van der Waals surface area contributed by atoms with Crippen molar-refractivity contribution in [1.82, 2.24) is 4.90 Å². The third-order valence-electron chi connectivity index (χ3n) is 4.04. The average molecular weight is 294 g/mol. The number of para-hydroxylation sites is 2. The molecule has 0 radical (unpaired) electrons. The van der Waals surface area contributed by atoms with Crippen molar-refractivity contribution in [3.63, 3.8) is 0 Å². The number of hydrogen-bond donors (Lipinski definition) is 1. The number of piperidine rings is 1. The van der Waals surface area contributed by atoms with E-state index in [0.717, 1.165) is 32.5 Å². The summed E-state index contributed by atoms with van der Waals surface area (Å²) in [6, 6.07) is 6.43. The number of nitro benzene ring substituents is 1. The topological polar surface area (TPSA) is 75.8 Å². The van der Waals surface area contributed by atoms with Gasteiger partial charge in [0.2, 0.25) is 0 Å². The summed E-state index contributed by atoms with van der Waals surface area (Å²) in [6.45, 7) is 4.91. The van der Waals surface area contributed by atoms with Gasteiger partial charge >= 0.3 is 5.69 Å². The Morgan fingerprint density at radius 2 is 2.10 bits per heavy atom. The molecule has 1 N–H and O–H groups in total. The van der Waals surface area contributed by atoms with E-state index < -0.39 is 4.92 Å². The van der Waals surface area contributed by atoms with Crippen LogP contribution in [-0.4, -0.2) is 47.3 Å². The van der Waals surface area contributed by atoms with Crippen molar-refractivity contribution in [3.8, 4) is 5.75 Å². The van der Waals surface area contributed by atoms with Gasteiger partial charge in [-0.1, -0.05) is 12.1 Å². The van der Waals surface area contributed by atoms with Gasteiger partial charge in [-0.15, -0.1) is 0 Å². The molecule has 2 rings (SSSR count). The highest BCUT2D eigenvalue weighted by Gasteiger charge is 2.22. The standard InChI is InChI=1S/C15H22N2O4/c1-12(18)13-6-8-16(9-7-13)10-11-21-15-5-3-2-4-14(15)17(19)20/h2-5,12-13,18H,6-11H2,1H3. The first-order valence-corrected chi connectivity index (χ1v) is 7.34. The molecule has 1 unspecified atom stereocenters. The lowest BCUT2D eigenvalue weighted by molar-refractivity contribution is -0.385. The zero-order valence-corrected chi connectivity index (χ0v) is 12.3. The van der Waals surface area contributed by atoms with Gasteiger partial charge in [-0.05, 0) is 44.8 Å². The van der Waals surface area contributed by atoms with Crippen LogP contribution in [0.5, 0.6) is 5.75 Å². The SMILES string of the molecule is CC(O)C1CCN(CCOc2ccccc2[N+](=O)[O-])CC1. The van der Waals surface area contributed by atoms with E-state index in [1.54, 1.807) is 18.2 Å².